The third kappa shape index (κ3) is 4.63. The van der Waals surface area contributed by atoms with Gasteiger partial charge in [-0.25, -0.2) is 4.98 Å². The number of hydrogen-bond acceptors (Lipinski definition) is 4. The van der Waals surface area contributed by atoms with Crippen molar-refractivity contribution < 1.29 is 14.3 Å². The van der Waals surface area contributed by atoms with Crippen molar-refractivity contribution in [1.82, 2.24) is 10.3 Å². The van der Waals surface area contributed by atoms with Crippen molar-refractivity contribution in [2.45, 2.75) is 13.8 Å². The molecule has 1 aromatic heterocycles. The standard InChI is InChI=1S/C18H21N3O3/c1-12-7-8-14(11-13(12)2)20-18(23)16-6-4-5-15(21-16)17(22)19-9-10-24-3/h4-8,11H,9-10H2,1-3H3,(H,19,22)(H,20,23). The smallest absolute Gasteiger partial charge is 0.274 e. The molecule has 24 heavy (non-hydrogen) atoms. The van der Waals surface area contributed by atoms with Gasteiger partial charge >= 0.3 is 0 Å². The molecule has 1 heterocycles. The molecule has 2 aromatic rings. The summed E-state index contributed by atoms with van der Waals surface area (Å²) >= 11 is 0. The molecule has 0 saturated heterocycles. The fraction of sp³-hybridized carbons (Fsp3) is 0.278. The molecule has 6 nitrogen and oxygen atoms in total. The van der Waals surface area contributed by atoms with Crippen LogP contribution < -0.4 is 10.6 Å². The van der Waals surface area contributed by atoms with E-state index >= 15 is 0 Å². The van der Waals surface area contributed by atoms with Gasteiger partial charge in [-0.2, -0.15) is 0 Å². The molecule has 2 rings (SSSR count). The van der Waals surface area contributed by atoms with E-state index in [9.17, 15) is 9.59 Å². The third-order valence-corrected chi connectivity index (χ3v) is 3.57. The predicted molar refractivity (Wildman–Crippen MR) is 92.3 cm³/mol. The topological polar surface area (TPSA) is 80.3 Å². The SMILES string of the molecule is COCCNC(=O)c1cccc(C(=O)Nc2ccc(C)c(C)c2)n1. The number of benzene rings is 1. The highest BCUT2D eigenvalue weighted by molar-refractivity contribution is 6.03. The number of nitrogens with one attached hydrogen (secondary N) is 2. The lowest BCUT2D eigenvalue weighted by molar-refractivity contribution is 0.0932. The van der Waals surface area contributed by atoms with Crippen LogP contribution in [0.4, 0.5) is 5.69 Å². The molecule has 0 aliphatic carbocycles. The largest absolute Gasteiger partial charge is 0.383 e. The van der Waals surface area contributed by atoms with Crippen molar-refractivity contribution in [3.63, 3.8) is 0 Å². The molecule has 2 N–H and O–H groups in total. The fourth-order valence-corrected chi connectivity index (χ4v) is 2.06. The lowest BCUT2D eigenvalue weighted by Crippen LogP contribution is -2.28. The van der Waals surface area contributed by atoms with E-state index in [1.54, 1.807) is 25.3 Å². The van der Waals surface area contributed by atoms with E-state index in [4.69, 9.17) is 4.74 Å². The minimum atomic E-state index is -0.357. The van der Waals surface area contributed by atoms with Crippen LogP contribution in [0.3, 0.4) is 0 Å². The van der Waals surface area contributed by atoms with E-state index in [0.717, 1.165) is 11.1 Å². The average Bonchev–Trinajstić information content (AvgIpc) is 2.58. The molecule has 0 unspecified atom stereocenters. The van der Waals surface area contributed by atoms with Crippen LogP contribution in [-0.4, -0.2) is 37.1 Å². The van der Waals surface area contributed by atoms with E-state index in [1.807, 2.05) is 32.0 Å². The molecule has 0 aliphatic rings. The minimum Gasteiger partial charge on any atom is -0.383 e. The summed E-state index contributed by atoms with van der Waals surface area (Å²) in [6, 6.07) is 10.4. The second kappa shape index (κ2) is 8.21. The zero-order valence-electron chi connectivity index (χ0n) is 14.1. The molecule has 0 saturated carbocycles. The first-order valence-electron chi connectivity index (χ1n) is 7.64. The summed E-state index contributed by atoms with van der Waals surface area (Å²) in [4.78, 5) is 28.4. The Kier molecular flexibility index (Phi) is 6.03. The summed E-state index contributed by atoms with van der Waals surface area (Å²) in [6.45, 7) is 4.79. The minimum absolute atomic E-state index is 0.188. The van der Waals surface area contributed by atoms with Crippen LogP contribution in [0.1, 0.15) is 32.1 Å². The monoisotopic (exact) mass is 327 g/mol. The number of nitrogens with zero attached hydrogens (tertiary/aromatic N) is 1. The lowest BCUT2D eigenvalue weighted by atomic mass is 10.1. The molecule has 2 amide bonds. The summed E-state index contributed by atoms with van der Waals surface area (Å²) in [6.07, 6.45) is 0. The molecule has 0 radical (unpaired) electrons. The van der Waals surface area contributed by atoms with Crippen LogP contribution in [0, 0.1) is 13.8 Å². The maximum absolute atomic E-state index is 12.3. The molecular formula is C18H21N3O3. The maximum Gasteiger partial charge on any atom is 0.274 e. The van der Waals surface area contributed by atoms with Gasteiger partial charge in [-0.05, 0) is 49.2 Å². The number of amides is 2. The summed E-state index contributed by atoms with van der Waals surface area (Å²) < 4.78 is 4.88. The Morgan fingerprint density at radius 1 is 1.04 bits per heavy atom. The van der Waals surface area contributed by atoms with Gasteiger partial charge in [-0.15, -0.1) is 0 Å². The number of pyridine rings is 1. The van der Waals surface area contributed by atoms with Crippen molar-refractivity contribution in [2.24, 2.45) is 0 Å². The van der Waals surface area contributed by atoms with Gasteiger partial charge in [-0.3, -0.25) is 9.59 Å². The van der Waals surface area contributed by atoms with Gasteiger partial charge in [0.25, 0.3) is 11.8 Å². The predicted octanol–water partition coefficient (Wildman–Crippen LogP) is 2.33. The maximum atomic E-state index is 12.3. The number of carbonyl (C=O) groups is 2. The van der Waals surface area contributed by atoms with Crippen LogP contribution in [0.15, 0.2) is 36.4 Å². The molecule has 126 valence electrons. The molecule has 0 atom stereocenters. The Morgan fingerprint density at radius 2 is 1.75 bits per heavy atom. The number of anilines is 1. The molecule has 0 bridgehead atoms. The van der Waals surface area contributed by atoms with Crippen molar-refractivity contribution in [3.05, 3.63) is 58.9 Å². The fourth-order valence-electron chi connectivity index (χ4n) is 2.06. The normalized spacial score (nSPS) is 10.3. The Hall–Kier alpha value is -2.73. The molecule has 1 aromatic carbocycles. The number of ether oxygens (including phenoxy) is 1. The van der Waals surface area contributed by atoms with Crippen molar-refractivity contribution in [1.29, 1.82) is 0 Å². The molecule has 0 spiro atoms. The first-order chi connectivity index (χ1) is 11.5. The number of aryl methyl sites for hydroxylation is 2. The van der Waals surface area contributed by atoms with Gasteiger partial charge in [0.15, 0.2) is 0 Å². The van der Waals surface area contributed by atoms with Gasteiger partial charge in [0.1, 0.15) is 11.4 Å². The van der Waals surface area contributed by atoms with E-state index in [0.29, 0.717) is 18.8 Å². The van der Waals surface area contributed by atoms with E-state index < -0.39 is 0 Å². The van der Waals surface area contributed by atoms with Gasteiger partial charge in [0.05, 0.1) is 6.61 Å². The number of carbonyl (C=O) groups excluding carboxylic acids is 2. The number of methoxy groups -OCH3 is 1. The van der Waals surface area contributed by atoms with Crippen LogP contribution in [-0.2, 0) is 4.74 Å². The van der Waals surface area contributed by atoms with Crippen molar-refractivity contribution in [2.75, 3.05) is 25.6 Å². The van der Waals surface area contributed by atoms with E-state index in [-0.39, 0.29) is 23.2 Å². The van der Waals surface area contributed by atoms with Gasteiger partial charge < -0.3 is 15.4 Å². The zero-order chi connectivity index (χ0) is 17.5. The summed E-state index contributed by atoms with van der Waals surface area (Å²) in [5.41, 5.74) is 3.32. The molecule has 0 aliphatic heterocycles. The Balaban J connectivity index is 2.08. The second-order valence-electron chi connectivity index (χ2n) is 5.41. The van der Waals surface area contributed by atoms with Gasteiger partial charge in [0.2, 0.25) is 0 Å². The van der Waals surface area contributed by atoms with E-state index in [2.05, 4.69) is 15.6 Å². The van der Waals surface area contributed by atoms with Crippen LogP contribution in [0.5, 0.6) is 0 Å². The molecular weight excluding hydrogens is 306 g/mol. The summed E-state index contributed by atoms with van der Waals surface area (Å²) in [5.74, 6) is -0.697. The van der Waals surface area contributed by atoms with Crippen LogP contribution in [0.25, 0.3) is 0 Å². The number of rotatable bonds is 6. The number of aromatic nitrogens is 1. The first-order valence-corrected chi connectivity index (χ1v) is 7.64. The van der Waals surface area contributed by atoms with Gasteiger partial charge in [0, 0.05) is 19.3 Å². The molecule has 0 fully saturated rings. The summed E-state index contributed by atoms with van der Waals surface area (Å²) in [7, 11) is 1.56. The lowest BCUT2D eigenvalue weighted by Gasteiger charge is -2.08. The average molecular weight is 327 g/mol. The highest BCUT2D eigenvalue weighted by Gasteiger charge is 2.12. The quantitative estimate of drug-likeness (QED) is 0.798. The van der Waals surface area contributed by atoms with Crippen molar-refractivity contribution in [3.8, 4) is 0 Å². The highest BCUT2D eigenvalue weighted by atomic mass is 16.5. The number of hydrogen-bond donors (Lipinski definition) is 2. The van der Waals surface area contributed by atoms with Crippen LogP contribution in [0.2, 0.25) is 0 Å². The highest BCUT2D eigenvalue weighted by Crippen LogP contribution is 2.15. The van der Waals surface area contributed by atoms with E-state index in [1.165, 1.54) is 0 Å². The van der Waals surface area contributed by atoms with Gasteiger partial charge in [-0.1, -0.05) is 12.1 Å². The first kappa shape index (κ1) is 17.6. The zero-order valence-corrected chi connectivity index (χ0v) is 14.1. The third-order valence-electron chi connectivity index (χ3n) is 3.57. The molecule has 6 heteroatoms. The summed E-state index contributed by atoms with van der Waals surface area (Å²) in [5, 5.41) is 5.46. The van der Waals surface area contributed by atoms with Crippen LogP contribution >= 0.6 is 0 Å². The Morgan fingerprint density at radius 3 is 2.42 bits per heavy atom. The van der Waals surface area contributed by atoms with Crippen molar-refractivity contribution >= 4 is 17.5 Å². The Labute approximate surface area is 141 Å². The second-order valence-corrected chi connectivity index (χ2v) is 5.41. The Bertz CT molecular complexity index is 744.